The van der Waals surface area contributed by atoms with Crippen LogP contribution in [0, 0.1) is 26.0 Å². The summed E-state index contributed by atoms with van der Waals surface area (Å²) < 4.78 is 9.92. The van der Waals surface area contributed by atoms with Crippen molar-refractivity contribution in [2.24, 2.45) is 0 Å². The van der Waals surface area contributed by atoms with Crippen LogP contribution in [-0.4, -0.2) is 32.8 Å². The minimum absolute atomic E-state index is 0. The maximum Gasteiger partial charge on any atom is 0 e. The fourth-order valence-corrected chi connectivity index (χ4v) is 12.5. The SMILES string of the molecule is CC(C)(C)c1cc(-c2ccccc2)cc(C(C)(C)C)c1-n1c(-c2[c-]cc3ccccc3c2)nc2ccccc21.Cc1ccc2c(n1)oc1c(-c3cc(C)[c]([Ge]([CH3])([CH3])[CH3])cn3)[c-]ccc12.[Ir]. The Morgan fingerprint density at radius 2 is 1.31 bits per heavy atom. The van der Waals surface area contributed by atoms with Crippen molar-refractivity contribution in [3.8, 4) is 39.5 Å². The van der Waals surface area contributed by atoms with Crippen LogP contribution in [0.15, 0.2) is 144 Å². The van der Waals surface area contributed by atoms with Crippen molar-refractivity contribution < 1.29 is 24.5 Å². The second-order valence-corrected chi connectivity index (χ2v) is 30.7. The first-order valence-electron chi connectivity index (χ1n) is 22.3. The standard InChI is InChI=1S/C37H35N2.C21H21GeN2O.Ir/c1-36(2,3)30-23-29(25-14-8-7-9-15-25)24-31(37(4,5)6)34(30)39-33-19-13-12-18-32(33)38-35(39)28-21-20-26-16-10-11-17-27(26)22-28;1-13-11-19(23-12-18(13)22(3,4)5)17-8-6-7-15-16-10-9-14(2)24-21(16)25-20(15)17;/h7-20,22-24H,1-6H3;6-7,9-12H,1-5H3;/q2*-1;. The van der Waals surface area contributed by atoms with E-state index in [-0.39, 0.29) is 30.9 Å². The molecule has 4 aromatic heterocycles. The number of hydrogen-bond donors (Lipinski definition) is 0. The number of rotatable bonds is 5. The molecule has 7 heteroatoms. The quantitative estimate of drug-likeness (QED) is 0.127. The van der Waals surface area contributed by atoms with E-state index in [1.807, 2.05) is 25.1 Å². The molecular weight excluding hydrogens is 1030 g/mol. The summed E-state index contributed by atoms with van der Waals surface area (Å²) >= 11 is -1.91. The van der Waals surface area contributed by atoms with E-state index in [2.05, 4.69) is 209 Å². The van der Waals surface area contributed by atoms with Gasteiger partial charge in [-0.15, -0.1) is 29.1 Å². The molecule has 0 saturated carbocycles. The molecule has 10 rings (SSSR count). The van der Waals surface area contributed by atoms with E-state index >= 15 is 0 Å². The second kappa shape index (κ2) is 17.6. The summed E-state index contributed by atoms with van der Waals surface area (Å²) in [6.45, 7) is 18.0. The zero-order chi connectivity index (χ0) is 45.1. The van der Waals surface area contributed by atoms with Crippen LogP contribution in [0.2, 0.25) is 17.3 Å². The molecule has 0 fully saturated rings. The van der Waals surface area contributed by atoms with Gasteiger partial charge in [-0.3, -0.25) is 4.98 Å². The Bertz CT molecular complexity index is 3330. The number of pyridine rings is 2. The molecule has 0 saturated heterocycles. The fourth-order valence-electron chi connectivity index (χ4n) is 8.89. The number of para-hydroxylation sites is 2. The van der Waals surface area contributed by atoms with Crippen LogP contribution >= 0.6 is 0 Å². The number of imidazole rings is 1. The van der Waals surface area contributed by atoms with Crippen LogP contribution < -0.4 is 4.40 Å². The predicted molar refractivity (Wildman–Crippen MR) is 272 cm³/mol. The van der Waals surface area contributed by atoms with Crippen LogP contribution in [0.3, 0.4) is 0 Å². The average Bonchev–Trinajstić information content (AvgIpc) is 3.83. The molecule has 0 aliphatic rings. The second-order valence-electron chi connectivity index (χ2n) is 20.2. The molecule has 0 amide bonds. The number of nitrogens with zero attached hydrogens (tertiary/aromatic N) is 4. The van der Waals surface area contributed by atoms with Crippen molar-refractivity contribution in [1.82, 2.24) is 19.5 Å². The first kappa shape index (κ1) is 45.9. The molecule has 4 heterocycles. The predicted octanol–water partition coefficient (Wildman–Crippen LogP) is 14.9. The number of aryl methyl sites for hydroxylation is 2. The van der Waals surface area contributed by atoms with E-state index in [0.29, 0.717) is 5.71 Å². The van der Waals surface area contributed by atoms with Gasteiger partial charge in [-0.2, -0.15) is 0 Å². The van der Waals surface area contributed by atoms with Gasteiger partial charge in [-0.1, -0.05) is 114 Å². The third-order valence-corrected chi connectivity index (χ3v) is 16.6. The number of furan rings is 1. The Labute approximate surface area is 400 Å². The first-order valence-corrected chi connectivity index (χ1v) is 29.6. The van der Waals surface area contributed by atoms with Crippen molar-refractivity contribution in [2.75, 3.05) is 0 Å². The van der Waals surface area contributed by atoms with E-state index in [1.54, 1.807) is 0 Å². The van der Waals surface area contributed by atoms with Crippen LogP contribution in [0.1, 0.15) is 63.9 Å². The molecule has 0 bridgehead atoms. The van der Waals surface area contributed by atoms with E-state index in [9.17, 15) is 0 Å². The topological polar surface area (TPSA) is 56.7 Å². The molecule has 329 valence electrons. The van der Waals surface area contributed by atoms with Crippen molar-refractivity contribution in [2.45, 2.75) is 83.5 Å². The number of aromatic nitrogens is 4. The van der Waals surface area contributed by atoms with Gasteiger partial charge in [-0.25, -0.2) is 0 Å². The third-order valence-electron chi connectivity index (χ3n) is 12.2. The van der Waals surface area contributed by atoms with Gasteiger partial charge < -0.3 is 4.57 Å². The van der Waals surface area contributed by atoms with E-state index in [1.165, 1.54) is 48.7 Å². The molecule has 10 aromatic rings. The number of fused-ring (bicyclic) bond motifs is 5. The van der Waals surface area contributed by atoms with E-state index in [4.69, 9.17) is 14.4 Å². The maximum absolute atomic E-state index is 6.09. The monoisotopic (exact) mass is 1090 g/mol. The van der Waals surface area contributed by atoms with Crippen LogP contribution in [0.5, 0.6) is 0 Å². The van der Waals surface area contributed by atoms with E-state index in [0.717, 1.165) is 55.7 Å². The molecule has 6 aromatic carbocycles. The Kier molecular flexibility index (Phi) is 12.4. The minimum Gasteiger partial charge on any atom is 0 e. The van der Waals surface area contributed by atoms with Gasteiger partial charge in [0.25, 0.3) is 0 Å². The van der Waals surface area contributed by atoms with Gasteiger partial charge in [0, 0.05) is 25.8 Å². The molecule has 0 aliphatic heterocycles. The molecule has 5 nitrogen and oxygen atoms in total. The number of benzene rings is 6. The molecule has 0 N–H and O–H groups in total. The van der Waals surface area contributed by atoms with Crippen LogP contribution in [0.4, 0.5) is 0 Å². The third kappa shape index (κ3) is 9.01. The summed E-state index contributed by atoms with van der Waals surface area (Å²) in [5, 5.41) is 4.47. The first-order chi connectivity index (χ1) is 30.5. The zero-order valence-corrected chi connectivity index (χ0v) is 43.8. The van der Waals surface area contributed by atoms with Crippen LogP contribution in [-0.2, 0) is 30.9 Å². The normalized spacial score (nSPS) is 12.1. The molecule has 1 radical (unpaired) electrons. The van der Waals surface area contributed by atoms with Crippen molar-refractivity contribution in [3.05, 3.63) is 174 Å². The van der Waals surface area contributed by atoms with Crippen LogP contribution in [0.25, 0.3) is 83.3 Å². The summed E-state index contributed by atoms with van der Waals surface area (Å²) in [4.78, 5) is 14.5. The average molecular weight is 1090 g/mol. The van der Waals surface area contributed by atoms with Crippen molar-refractivity contribution in [3.63, 3.8) is 0 Å². The van der Waals surface area contributed by atoms with Crippen molar-refractivity contribution >= 4 is 61.5 Å². The summed E-state index contributed by atoms with van der Waals surface area (Å²) in [6, 6.07) is 53.9. The molecule has 65 heavy (non-hydrogen) atoms. The molecular formula is C58H56GeIrN4O-2. The molecule has 0 spiro atoms. The molecule has 0 aliphatic carbocycles. The minimum atomic E-state index is -1.91. The number of hydrogen-bond acceptors (Lipinski definition) is 4. The summed E-state index contributed by atoms with van der Waals surface area (Å²) in [5.41, 5.74) is 14.8. The largest absolute Gasteiger partial charge is 0 e. The Hall–Kier alpha value is -5.66. The summed E-state index contributed by atoms with van der Waals surface area (Å²) in [5.74, 6) is 8.10. The molecule has 0 atom stereocenters. The van der Waals surface area contributed by atoms with Crippen molar-refractivity contribution in [1.29, 1.82) is 0 Å². The summed E-state index contributed by atoms with van der Waals surface area (Å²) in [6.07, 6.45) is 2.06. The van der Waals surface area contributed by atoms with Gasteiger partial charge in [0.2, 0.25) is 0 Å². The Morgan fingerprint density at radius 3 is 1.98 bits per heavy atom. The maximum atomic E-state index is 6.09. The molecule has 0 unspecified atom stereocenters. The fraction of sp³-hybridized carbons (Fsp3) is 0.224. The zero-order valence-electron chi connectivity index (χ0n) is 39.3. The Morgan fingerprint density at radius 1 is 0.646 bits per heavy atom. The van der Waals surface area contributed by atoms with Gasteiger partial charge in [0.15, 0.2) is 0 Å². The van der Waals surface area contributed by atoms with Gasteiger partial charge >= 0.3 is 150 Å². The van der Waals surface area contributed by atoms with Gasteiger partial charge in [-0.05, 0) is 57.3 Å². The van der Waals surface area contributed by atoms with Gasteiger partial charge in [0.1, 0.15) is 0 Å². The van der Waals surface area contributed by atoms with Gasteiger partial charge in [0.05, 0.1) is 16.9 Å². The smallest absolute Gasteiger partial charge is 0 e. The van der Waals surface area contributed by atoms with E-state index < -0.39 is 13.3 Å². The Balaban J connectivity index is 0.000000191. The summed E-state index contributed by atoms with van der Waals surface area (Å²) in [7, 11) is 0.